The minimum absolute atomic E-state index is 0.00462. The van der Waals surface area contributed by atoms with E-state index >= 15 is 0 Å². The summed E-state index contributed by atoms with van der Waals surface area (Å²) in [5, 5.41) is 10.2. The molecule has 1 saturated carbocycles. The lowest BCUT2D eigenvalue weighted by atomic mass is 9.50. The van der Waals surface area contributed by atoms with Crippen molar-refractivity contribution >= 4 is 43.5 Å². The lowest BCUT2D eigenvalue weighted by Gasteiger charge is -2.59. The molecule has 2 aliphatic rings. The van der Waals surface area contributed by atoms with E-state index in [0.29, 0.717) is 4.83 Å². The van der Waals surface area contributed by atoms with Crippen LogP contribution in [0.2, 0.25) is 0 Å². The van der Waals surface area contributed by atoms with Crippen molar-refractivity contribution in [2.45, 2.75) is 67.6 Å². The Labute approximate surface area is 138 Å². The van der Waals surface area contributed by atoms with Gasteiger partial charge in [-0.15, -0.1) is 11.6 Å². The van der Waals surface area contributed by atoms with Crippen LogP contribution in [-0.2, 0) is 0 Å². The summed E-state index contributed by atoms with van der Waals surface area (Å²) in [4.78, 5) is 0.218. The molecule has 0 aromatic rings. The van der Waals surface area contributed by atoms with Gasteiger partial charge in [0.2, 0.25) is 0 Å². The van der Waals surface area contributed by atoms with Gasteiger partial charge in [-0.3, -0.25) is 0 Å². The van der Waals surface area contributed by atoms with Crippen LogP contribution in [0.5, 0.6) is 0 Å². The molecule has 0 heterocycles. The fourth-order valence-corrected chi connectivity index (χ4v) is 5.42. The topological polar surface area (TPSA) is 20.2 Å². The van der Waals surface area contributed by atoms with E-state index in [1.54, 1.807) is 0 Å². The fraction of sp³-hybridized carbons (Fsp3) is 0.867. The Morgan fingerprint density at radius 2 is 1.84 bits per heavy atom. The summed E-state index contributed by atoms with van der Waals surface area (Å²) in [5.41, 5.74) is 1.44. The average Bonchev–Trinajstić information content (AvgIpc) is 2.29. The van der Waals surface area contributed by atoms with Crippen molar-refractivity contribution in [1.29, 1.82) is 0 Å². The van der Waals surface area contributed by atoms with E-state index in [1.807, 2.05) is 6.08 Å². The number of alkyl halides is 3. The third kappa shape index (κ3) is 2.37. The molecule has 1 nitrogen and oxygen atoms in total. The van der Waals surface area contributed by atoms with Gasteiger partial charge < -0.3 is 5.11 Å². The van der Waals surface area contributed by atoms with Crippen molar-refractivity contribution < 1.29 is 5.11 Å². The van der Waals surface area contributed by atoms with Crippen LogP contribution >= 0.6 is 43.5 Å². The van der Waals surface area contributed by atoms with Gasteiger partial charge in [0.05, 0.1) is 15.8 Å². The molecule has 0 saturated heterocycles. The van der Waals surface area contributed by atoms with Gasteiger partial charge in [0.15, 0.2) is 0 Å². The second kappa shape index (κ2) is 5.00. The molecule has 2 rings (SSSR count). The molecule has 5 atom stereocenters. The van der Waals surface area contributed by atoms with E-state index in [-0.39, 0.29) is 20.5 Å². The zero-order chi connectivity index (χ0) is 14.6. The van der Waals surface area contributed by atoms with Gasteiger partial charge >= 0.3 is 0 Å². The maximum Gasteiger partial charge on any atom is 0.0854 e. The Morgan fingerprint density at radius 1 is 1.26 bits per heavy atom. The van der Waals surface area contributed by atoms with Crippen LogP contribution in [0.25, 0.3) is 0 Å². The summed E-state index contributed by atoms with van der Waals surface area (Å²) in [6.45, 7) is 8.82. The fourth-order valence-electron chi connectivity index (χ4n) is 3.88. The molecule has 0 unspecified atom stereocenters. The lowest BCUT2D eigenvalue weighted by molar-refractivity contribution is 0.0124. The van der Waals surface area contributed by atoms with E-state index in [4.69, 9.17) is 11.6 Å². The summed E-state index contributed by atoms with van der Waals surface area (Å²) >= 11 is 14.1. The molecule has 0 aromatic heterocycles. The SMILES string of the molecule is CC1=C[C@H](O)[C@H](Br)C(C)(C)[C@@]12CC[C@](C)(Cl)[C@@H](Br)C2. The molecule has 0 amide bonds. The van der Waals surface area contributed by atoms with Crippen LogP contribution in [0.4, 0.5) is 0 Å². The molecule has 1 N–H and O–H groups in total. The molecular weight excluding hydrogens is 391 g/mol. The van der Waals surface area contributed by atoms with Crippen molar-refractivity contribution in [2.75, 3.05) is 0 Å². The predicted molar refractivity (Wildman–Crippen MR) is 89.5 cm³/mol. The van der Waals surface area contributed by atoms with E-state index < -0.39 is 6.10 Å². The van der Waals surface area contributed by atoms with Gasteiger partial charge in [-0.25, -0.2) is 0 Å². The van der Waals surface area contributed by atoms with Gasteiger partial charge in [0.25, 0.3) is 0 Å². The van der Waals surface area contributed by atoms with E-state index in [0.717, 1.165) is 19.3 Å². The number of aliphatic hydroxyl groups excluding tert-OH is 1. The third-order valence-corrected chi connectivity index (χ3v) is 9.36. The van der Waals surface area contributed by atoms with Crippen molar-refractivity contribution in [3.05, 3.63) is 11.6 Å². The molecule has 19 heavy (non-hydrogen) atoms. The summed E-state index contributed by atoms with van der Waals surface area (Å²) < 4.78 is 0. The van der Waals surface area contributed by atoms with Crippen LogP contribution in [0, 0.1) is 10.8 Å². The molecular formula is C15H23Br2ClO. The maximum absolute atomic E-state index is 10.2. The first-order chi connectivity index (χ1) is 8.54. The van der Waals surface area contributed by atoms with Crippen molar-refractivity contribution in [2.24, 2.45) is 10.8 Å². The largest absolute Gasteiger partial charge is 0.388 e. The van der Waals surface area contributed by atoms with Crippen molar-refractivity contribution in [3.63, 3.8) is 0 Å². The molecule has 2 aliphatic carbocycles. The molecule has 0 aliphatic heterocycles. The first-order valence-corrected chi connectivity index (χ1v) is 9.09. The predicted octanol–water partition coefficient (Wildman–Crippen LogP) is 5.03. The van der Waals surface area contributed by atoms with Gasteiger partial charge in [-0.1, -0.05) is 57.4 Å². The molecule has 0 aromatic carbocycles. The first kappa shape index (κ1) is 16.3. The standard InChI is InChI=1S/C15H23Br2ClO/c1-9-7-10(19)12(17)13(2,3)15(9)6-5-14(4,18)11(16)8-15/h7,10-12,19H,5-6,8H2,1-4H3/t10-,11-,12-,14-,15+/m0/s1. The van der Waals surface area contributed by atoms with Gasteiger partial charge in [0.1, 0.15) is 0 Å². The Hall–Kier alpha value is 0.950. The minimum Gasteiger partial charge on any atom is -0.388 e. The Balaban J connectivity index is 2.45. The normalized spacial score (nSPS) is 50.1. The summed E-state index contributed by atoms with van der Waals surface area (Å²) in [6.07, 6.45) is 4.73. The van der Waals surface area contributed by atoms with Crippen LogP contribution in [0.1, 0.15) is 47.0 Å². The second-order valence-corrected chi connectivity index (χ2v) is 9.95. The summed E-state index contributed by atoms with van der Waals surface area (Å²) in [7, 11) is 0. The molecule has 110 valence electrons. The molecule has 1 fully saturated rings. The van der Waals surface area contributed by atoms with Crippen molar-refractivity contribution in [3.8, 4) is 0 Å². The lowest BCUT2D eigenvalue weighted by Crippen LogP contribution is -2.56. The van der Waals surface area contributed by atoms with Crippen LogP contribution in [-0.4, -0.2) is 25.7 Å². The molecule has 0 radical (unpaired) electrons. The third-order valence-electron chi connectivity index (χ3n) is 5.62. The highest BCUT2D eigenvalue weighted by molar-refractivity contribution is 9.09. The first-order valence-electron chi connectivity index (χ1n) is 6.89. The molecule has 4 heteroatoms. The monoisotopic (exact) mass is 412 g/mol. The second-order valence-electron chi connectivity index (χ2n) is 7.00. The quantitative estimate of drug-likeness (QED) is 0.435. The average molecular weight is 415 g/mol. The number of hydrogen-bond donors (Lipinski definition) is 1. The Kier molecular flexibility index (Phi) is 4.29. The number of allylic oxidation sites excluding steroid dienone is 1. The highest BCUT2D eigenvalue weighted by atomic mass is 79.9. The zero-order valence-corrected chi connectivity index (χ0v) is 15.9. The van der Waals surface area contributed by atoms with E-state index in [9.17, 15) is 5.11 Å². The highest BCUT2D eigenvalue weighted by Crippen LogP contribution is 2.63. The highest BCUT2D eigenvalue weighted by Gasteiger charge is 2.58. The van der Waals surface area contributed by atoms with E-state index in [1.165, 1.54) is 5.57 Å². The van der Waals surface area contributed by atoms with E-state index in [2.05, 4.69) is 59.6 Å². The Morgan fingerprint density at radius 3 is 2.37 bits per heavy atom. The van der Waals surface area contributed by atoms with Crippen molar-refractivity contribution in [1.82, 2.24) is 0 Å². The van der Waals surface area contributed by atoms with Gasteiger partial charge in [-0.05, 0) is 43.9 Å². The van der Waals surface area contributed by atoms with Crippen LogP contribution in [0.3, 0.4) is 0 Å². The number of halogens is 3. The minimum atomic E-state index is -0.404. The summed E-state index contributed by atoms with van der Waals surface area (Å²) in [5.74, 6) is 0. The smallest absolute Gasteiger partial charge is 0.0854 e. The zero-order valence-electron chi connectivity index (χ0n) is 12.0. The Bertz CT molecular complexity index is 405. The molecule has 1 spiro atoms. The van der Waals surface area contributed by atoms with Crippen LogP contribution in [0.15, 0.2) is 11.6 Å². The molecule has 0 bridgehead atoms. The van der Waals surface area contributed by atoms with Gasteiger partial charge in [-0.2, -0.15) is 0 Å². The number of rotatable bonds is 0. The number of hydrogen-bond acceptors (Lipinski definition) is 1. The number of aliphatic hydroxyl groups is 1. The summed E-state index contributed by atoms with van der Waals surface area (Å²) in [6, 6.07) is 0. The van der Waals surface area contributed by atoms with Crippen LogP contribution < -0.4 is 0 Å². The van der Waals surface area contributed by atoms with Gasteiger partial charge in [0, 0.05) is 4.83 Å². The maximum atomic E-state index is 10.2.